The first kappa shape index (κ1) is 14.9. The third-order valence-electron chi connectivity index (χ3n) is 2.50. The lowest BCUT2D eigenvalue weighted by atomic mass is 10.1. The molecule has 18 heavy (non-hydrogen) atoms. The minimum absolute atomic E-state index is 0.0359. The zero-order valence-corrected chi connectivity index (χ0v) is 11.6. The van der Waals surface area contributed by atoms with E-state index in [9.17, 15) is 4.21 Å². The molecule has 0 fully saturated rings. The summed E-state index contributed by atoms with van der Waals surface area (Å²) in [5, 5.41) is 2.96. The summed E-state index contributed by atoms with van der Waals surface area (Å²) in [5.41, 5.74) is 0.977. The van der Waals surface area contributed by atoms with Gasteiger partial charge in [-0.25, -0.2) is 4.21 Å². The summed E-state index contributed by atoms with van der Waals surface area (Å²) in [7, 11) is 1.59. The largest absolute Gasteiger partial charge is 0.493 e. The summed E-state index contributed by atoms with van der Waals surface area (Å²) in [4.78, 5) is 0. The van der Waals surface area contributed by atoms with Crippen molar-refractivity contribution in [2.45, 2.75) is 19.9 Å². The van der Waals surface area contributed by atoms with Crippen molar-refractivity contribution in [2.75, 3.05) is 19.6 Å². The number of rotatable bonds is 7. The maximum atomic E-state index is 10.6. The fourth-order valence-electron chi connectivity index (χ4n) is 1.55. The molecule has 6 heteroatoms. The van der Waals surface area contributed by atoms with E-state index < -0.39 is 11.1 Å². The number of benzene rings is 1. The van der Waals surface area contributed by atoms with Crippen LogP contribution in [0.2, 0.25) is 0 Å². The van der Waals surface area contributed by atoms with Gasteiger partial charge in [0.15, 0.2) is 22.6 Å². The fraction of sp³-hybridized carbons (Fsp3) is 0.500. The highest BCUT2D eigenvalue weighted by Crippen LogP contribution is 2.30. The quantitative estimate of drug-likeness (QED) is 0.743. The zero-order valence-electron chi connectivity index (χ0n) is 10.8. The zero-order chi connectivity index (χ0) is 13.5. The van der Waals surface area contributed by atoms with Gasteiger partial charge in [-0.3, -0.25) is 5.32 Å². The molecule has 0 spiro atoms. The molecule has 0 amide bonds. The van der Waals surface area contributed by atoms with Crippen LogP contribution in [-0.2, 0) is 11.1 Å². The van der Waals surface area contributed by atoms with Crippen molar-refractivity contribution in [1.29, 1.82) is 0 Å². The van der Waals surface area contributed by atoms with E-state index in [1.807, 2.05) is 32.0 Å². The molecule has 1 aromatic carbocycles. The normalized spacial score (nSPS) is 14.0. The predicted octanol–water partition coefficient (Wildman–Crippen LogP) is 1.92. The van der Waals surface area contributed by atoms with Crippen molar-refractivity contribution in [3.8, 4) is 11.5 Å². The molecule has 0 aliphatic rings. The molecule has 102 valence electrons. The standard InChI is InChI=1S/C12H19NO4S/c1-4-17-12-7-10(5-6-11(12)16-3)9(2)13-8-18(14)15/h5-7,9,13H,4,8H2,1-3H3,(H,14,15)/t9-/m0/s1. The van der Waals surface area contributed by atoms with Crippen molar-refractivity contribution in [3.05, 3.63) is 23.8 Å². The lowest BCUT2D eigenvalue weighted by Crippen LogP contribution is -2.22. The Morgan fingerprint density at radius 2 is 2.17 bits per heavy atom. The van der Waals surface area contributed by atoms with Gasteiger partial charge in [0.2, 0.25) is 0 Å². The number of ether oxygens (including phenoxy) is 2. The molecular formula is C12H19NO4S. The average Bonchev–Trinajstić information content (AvgIpc) is 2.36. The van der Waals surface area contributed by atoms with E-state index >= 15 is 0 Å². The second-order valence-corrected chi connectivity index (χ2v) is 4.67. The van der Waals surface area contributed by atoms with Crippen molar-refractivity contribution in [2.24, 2.45) is 0 Å². The molecule has 0 aliphatic heterocycles. The van der Waals surface area contributed by atoms with Gasteiger partial charge in [0.05, 0.1) is 19.6 Å². The van der Waals surface area contributed by atoms with Crippen molar-refractivity contribution < 1.29 is 18.2 Å². The maximum Gasteiger partial charge on any atom is 0.167 e. The maximum absolute atomic E-state index is 10.6. The monoisotopic (exact) mass is 273 g/mol. The molecule has 0 bridgehead atoms. The van der Waals surface area contributed by atoms with Crippen LogP contribution in [0.15, 0.2) is 18.2 Å². The van der Waals surface area contributed by atoms with Gasteiger partial charge in [0, 0.05) is 6.04 Å². The Kier molecular flexibility index (Phi) is 6.11. The molecule has 0 heterocycles. The Labute approximate surface area is 110 Å². The molecule has 0 aromatic heterocycles. The molecule has 2 N–H and O–H groups in total. The van der Waals surface area contributed by atoms with Gasteiger partial charge >= 0.3 is 0 Å². The van der Waals surface area contributed by atoms with Gasteiger partial charge in [0.25, 0.3) is 0 Å². The first-order valence-electron chi connectivity index (χ1n) is 5.70. The Balaban J connectivity index is 2.82. The van der Waals surface area contributed by atoms with Crippen LogP contribution in [-0.4, -0.2) is 28.4 Å². The molecule has 5 nitrogen and oxygen atoms in total. The second-order valence-electron chi connectivity index (χ2n) is 3.73. The van der Waals surface area contributed by atoms with Crippen molar-refractivity contribution in [1.82, 2.24) is 5.32 Å². The summed E-state index contributed by atoms with van der Waals surface area (Å²) in [6.45, 7) is 4.38. The van der Waals surface area contributed by atoms with E-state index in [0.29, 0.717) is 18.1 Å². The highest BCUT2D eigenvalue weighted by molar-refractivity contribution is 7.79. The highest BCUT2D eigenvalue weighted by Gasteiger charge is 2.10. The molecule has 0 saturated heterocycles. The molecule has 2 atom stereocenters. The van der Waals surface area contributed by atoms with Gasteiger partial charge in [-0.05, 0) is 31.5 Å². The van der Waals surface area contributed by atoms with Crippen LogP contribution in [0.1, 0.15) is 25.5 Å². The molecule has 0 saturated carbocycles. The number of methoxy groups -OCH3 is 1. The van der Waals surface area contributed by atoms with E-state index in [2.05, 4.69) is 5.32 Å². The first-order chi connectivity index (χ1) is 8.58. The molecule has 1 unspecified atom stereocenters. The minimum Gasteiger partial charge on any atom is -0.493 e. The highest BCUT2D eigenvalue weighted by atomic mass is 32.2. The Morgan fingerprint density at radius 1 is 1.44 bits per heavy atom. The summed E-state index contributed by atoms with van der Waals surface area (Å²) in [5.74, 6) is 1.40. The molecule has 0 radical (unpaired) electrons. The lowest BCUT2D eigenvalue weighted by Gasteiger charge is -2.16. The average molecular weight is 273 g/mol. The van der Waals surface area contributed by atoms with Gasteiger partial charge in [0.1, 0.15) is 0 Å². The Morgan fingerprint density at radius 3 is 2.72 bits per heavy atom. The van der Waals surface area contributed by atoms with Gasteiger partial charge < -0.3 is 14.0 Å². The predicted molar refractivity (Wildman–Crippen MR) is 71.4 cm³/mol. The van der Waals surface area contributed by atoms with Gasteiger partial charge in [-0.15, -0.1) is 0 Å². The number of hydrogen-bond donors (Lipinski definition) is 2. The Bertz CT molecular complexity index is 411. The Hall–Kier alpha value is -1.11. The molecular weight excluding hydrogens is 254 g/mol. The van der Waals surface area contributed by atoms with Crippen LogP contribution in [0.25, 0.3) is 0 Å². The van der Waals surface area contributed by atoms with Crippen LogP contribution in [0, 0.1) is 0 Å². The first-order valence-corrected chi connectivity index (χ1v) is 6.97. The van der Waals surface area contributed by atoms with Crippen molar-refractivity contribution in [3.63, 3.8) is 0 Å². The molecule has 1 rings (SSSR count). The topological polar surface area (TPSA) is 67.8 Å². The third kappa shape index (κ3) is 4.29. The summed E-state index contributed by atoms with van der Waals surface area (Å²) in [6, 6.07) is 5.57. The SMILES string of the molecule is CCOc1cc([C@H](C)NCS(=O)O)ccc1OC. The van der Waals surface area contributed by atoms with E-state index in [4.69, 9.17) is 14.0 Å². The molecule has 0 aliphatic carbocycles. The fourth-order valence-corrected chi connectivity index (χ4v) is 1.94. The minimum atomic E-state index is -1.84. The van der Waals surface area contributed by atoms with Gasteiger partial charge in [-0.1, -0.05) is 6.07 Å². The number of hydrogen-bond acceptors (Lipinski definition) is 4. The van der Waals surface area contributed by atoms with E-state index in [0.717, 1.165) is 5.56 Å². The van der Waals surface area contributed by atoms with E-state index in [1.54, 1.807) is 7.11 Å². The van der Waals surface area contributed by atoms with Crippen LogP contribution >= 0.6 is 0 Å². The third-order valence-corrected chi connectivity index (χ3v) is 2.91. The van der Waals surface area contributed by atoms with Crippen molar-refractivity contribution >= 4 is 11.1 Å². The summed E-state index contributed by atoms with van der Waals surface area (Å²) >= 11 is -1.84. The van der Waals surface area contributed by atoms with Crippen LogP contribution in [0.5, 0.6) is 11.5 Å². The number of nitrogens with one attached hydrogen (secondary N) is 1. The smallest absolute Gasteiger partial charge is 0.167 e. The van der Waals surface area contributed by atoms with Crippen LogP contribution < -0.4 is 14.8 Å². The van der Waals surface area contributed by atoms with Crippen LogP contribution in [0.4, 0.5) is 0 Å². The second kappa shape index (κ2) is 7.35. The lowest BCUT2D eigenvalue weighted by molar-refractivity contribution is 0.310. The van der Waals surface area contributed by atoms with Gasteiger partial charge in [-0.2, -0.15) is 0 Å². The van der Waals surface area contributed by atoms with E-state index in [-0.39, 0.29) is 11.9 Å². The molecule has 1 aromatic rings. The van der Waals surface area contributed by atoms with Crippen LogP contribution in [0.3, 0.4) is 0 Å². The summed E-state index contributed by atoms with van der Waals surface area (Å²) < 4.78 is 30.0. The summed E-state index contributed by atoms with van der Waals surface area (Å²) in [6.07, 6.45) is 0. The van der Waals surface area contributed by atoms with E-state index in [1.165, 1.54) is 0 Å².